The Morgan fingerprint density at radius 1 is 1.25 bits per heavy atom. The van der Waals surface area contributed by atoms with Gasteiger partial charge in [-0.15, -0.1) is 0 Å². The summed E-state index contributed by atoms with van der Waals surface area (Å²) in [6.07, 6.45) is 5.58. The molecule has 2 fully saturated rings. The van der Waals surface area contributed by atoms with Gasteiger partial charge in [0.15, 0.2) is 5.03 Å². The van der Waals surface area contributed by atoms with Crippen molar-refractivity contribution in [3.05, 3.63) is 23.4 Å². The van der Waals surface area contributed by atoms with Gasteiger partial charge in [0.2, 0.25) is 5.91 Å². The normalized spacial score (nSPS) is 28.6. The molecule has 5 nitrogen and oxygen atoms in total. The second-order valence-electron chi connectivity index (χ2n) is 5.42. The van der Waals surface area contributed by atoms with Crippen LogP contribution in [0.3, 0.4) is 0 Å². The van der Waals surface area contributed by atoms with Crippen molar-refractivity contribution in [2.45, 2.75) is 30.7 Å². The minimum absolute atomic E-state index is 0.139. The van der Waals surface area contributed by atoms with Crippen molar-refractivity contribution in [2.24, 2.45) is 17.8 Å². The fourth-order valence-electron chi connectivity index (χ4n) is 3.16. The fraction of sp³-hybridized carbons (Fsp3) is 0.538. The Bertz CT molecular complexity index is 618. The van der Waals surface area contributed by atoms with Crippen molar-refractivity contribution in [2.75, 3.05) is 0 Å². The number of halogens is 1. The summed E-state index contributed by atoms with van der Waals surface area (Å²) < 4.78 is 26.2. The van der Waals surface area contributed by atoms with Crippen molar-refractivity contribution in [1.29, 1.82) is 0 Å². The highest BCUT2D eigenvalue weighted by Gasteiger charge is 2.55. The number of hydrogen-bond donors (Lipinski definition) is 1. The third-order valence-electron chi connectivity index (χ3n) is 4.17. The molecular formula is C13H15ClN2O3S. The van der Waals surface area contributed by atoms with Crippen LogP contribution in [0, 0.1) is 17.8 Å². The van der Waals surface area contributed by atoms with Crippen molar-refractivity contribution < 1.29 is 13.2 Å². The first-order valence-electron chi connectivity index (χ1n) is 6.67. The summed E-state index contributed by atoms with van der Waals surface area (Å²) in [5.74, 6) is 0.215. The van der Waals surface area contributed by atoms with Gasteiger partial charge in [-0.25, -0.2) is 9.71 Å². The maximum Gasteiger partial charge on any atom is 0.281 e. The molecule has 0 radical (unpaired) electrons. The molecule has 0 aliphatic heterocycles. The Hall–Kier alpha value is -1.14. The Morgan fingerprint density at radius 3 is 2.45 bits per heavy atom. The van der Waals surface area contributed by atoms with Crippen LogP contribution in [0.1, 0.15) is 25.7 Å². The molecule has 7 heteroatoms. The molecule has 108 valence electrons. The minimum atomic E-state index is -3.89. The molecule has 0 saturated heterocycles. The summed E-state index contributed by atoms with van der Waals surface area (Å²) in [5.41, 5.74) is 0. The SMILES string of the molecule is O=C(NS(=O)(=O)c1ccc(Cl)cn1)C1[C@H]2CCCC[C@@H]12. The summed E-state index contributed by atoms with van der Waals surface area (Å²) in [6, 6.07) is 2.72. The van der Waals surface area contributed by atoms with E-state index in [9.17, 15) is 13.2 Å². The van der Waals surface area contributed by atoms with Gasteiger partial charge in [0.1, 0.15) is 0 Å². The summed E-state index contributed by atoms with van der Waals surface area (Å²) in [4.78, 5) is 15.8. The number of amides is 1. The van der Waals surface area contributed by atoms with Gasteiger partial charge in [0, 0.05) is 12.1 Å². The quantitative estimate of drug-likeness (QED) is 0.925. The monoisotopic (exact) mass is 314 g/mol. The number of fused-ring (bicyclic) bond motifs is 1. The zero-order chi connectivity index (χ0) is 14.3. The number of aromatic nitrogens is 1. The van der Waals surface area contributed by atoms with E-state index < -0.39 is 15.9 Å². The van der Waals surface area contributed by atoms with Crippen molar-refractivity contribution in [3.8, 4) is 0 Å². The Morgan fingerprint density at radius 2 is 1.90 bits per heavy atom. The molecule has 0 spiro atoms. The molecule has 1 heterocycles. The minimum Gasteiger partial charge on any atom is -0.274 e. The first kappa shape index (κ1) is 13.8. The van der Waals surface area contributed by atoms with E-state index in [2.05, 4.69) is 9.71 Å². The lowest BCUT2D eigenvalue weighted by Gasteiger charge is -2.05. The maximum atomic E-state index is 12.1. The van der Waals surface area contributed by atoms with E-state index in [1.807, 2.05) is 0 Å². The van der Waals surface area contributed by atoms with Crippen LogP contribution in [-0.2, 0) is 14.8 Å². The second kappa shape index (κ2) is 5.00. The largest absolute Gasteiger partial charge is 0.281 e. The summed E-state index contributed by atoms with van der Waals surface area (Å²) >= 11 is 5.67. The first-order chi connectivity index (χ1) is 9.49. The van der Waals surface area contributed by atoms with E-state index in [4.69, 9.17) is 11.6 Å². The van der Waals surface area contributed by atoms with Crippen LogP contribution in [0.15, 0.2) is 23.4 Å². The fourth-order valence-corrected chi connectivity index (χ4v) is 4.21. The van der Waals surface area contributed by atoms with E-state index in [1.165, 1.54) is 18.3 Å². The number of pyridine rings is 1. The molecule has 2 saturated carbocycles. The number of carbonyl (C=O) groups is 1. The van der Waals surface area contributed by atoms with Gasteiger partial charge < -0.3 is 0 Å². The molecule has 3 rings (SSSR count). The molecular weight excluding hydrogens is 300 g/mol. The van der Waals surface area contributed by atoms with E-state index in [0.29, 0.717) is 16.9 Å². The number of carbonyl (C=O) groups excluding carboxylic acids is 1. The topological polar surface area (TPSA) is 76.1 Å². The second-order valence-corrected chi connectivity index (χ2v) is 7.49. The molecule has 20 heavy (non-hydrogen) atoms. The van der Waals surface area contributed by atoms with Crippen LogP contribution in [-0.4, -0.2) is 19.3 Å². The molecule has 1 amide bonds. The van der Waals surface area contributed by atoms with Crippen molar-refractivity contribution in [1.82, 2.24) is 9.71 Å². The Kier molecular flexibility index (Phi) is 3.46. The maximum absolute atomic E-state index is 12.1. The molecule has 1 aromatic heterocycles. The number of sulfonamides is 1. The average Bonchev–Trinajstić information content (AvgIpc) is 3.13. The molecule has 1 N–H and O–H groups in total. The summed E-state index contributed by atoms with van der Waals surface area (Å²) in [5, 5.41) is 0.169. The van der Waals surface area contributed by atoms with Crippen molar-refractivity contribution >= 4 is 27.5 Å². The molecule has 2 aliphatic rings. The predicted octanol–water partition coefficient (Wildman–Crippen LogP) is 1.98. The molecule has 3 atom stereocenters. The smallest absolute Gasteiger partial charge is 0.274 e. The zero-order valence-electron chi connectivity index (χ0n) is 10.8. The zero-order valence-corrected chi connectivity index (χ0v) is 12.3. The van der Waals surface area contributed by atoms with E-state index in [0.717, 1.165) is 25.7 Å². The highest BCUT2D eigenvalue weighted by Crippen LogP contribution is 2.55. The van der Waals surface area contributed by atoms with Crippen molar-refractivity contribution in [3.63, 3.8) is 0 Å². The summed E-state index contributed by atoms with van der Waals surface area (Å²) in [6.45, 7) is 0. The summed E-state index contributed by atoms with van der Waals surface area (Å²) in [7, 11) is -3.89. The molecule has 0 aromatic carbocycles. The number of hydrogen-bond acceptors (Lipinski definition) is 4. The lowest BCUT2D eigenvalue weighted by Crippen LogP contribution is -2.33. The first-order valence-corrected chi connectivity index (χ1v) is 8.53. The van der Waals surface area contributed by atoms with Gasteiger partial charge in [-0.05, 0) is 36.8 Å². The van der Waals surface area contributed by atoms with E-state index in [-0.39, 0.29) is 10.9 Å². The van der Waals surface area contributed by atoms with Gasteiger partial charge in [0.05, 0.1) is 5.02 Å². The molecule has 1 aromatic rings. The van der Waals surface area contributed by atoms with Crippen LogP contribution in [0.25, 0.3) is 0 Å². The Balaban J connectivity index is 1.70. The highest BCUT2D eigenvalue weighted by atomic mass is 35.5. The molecule has 2 aliphatic carbocycles. The number of nitrogens with zero attached hydrogens (tertiary/aromatic N) is 1. The van der Waals surface area contributed by atoms with Gasteiger partial charge in [-0.3, -0.25) is 4.79 Å². The lowest BCUT2D eigenvalue weighted by molar-refractivity contribution is -0.121. The number of nitrogens with one attached hydrogen (secondary N) is 1. The Labute approximate surface area is 122 Å². The van der Waals surface area contributed by atoms with Gasteiger partial charge >= 0.3 is 0 Å². The van der Waals surface area contributed by atoms with Crippen LogP contribution in [0.5, 0.6) is 0 Å². The van der Waals surface area contributed by atoms with Gasteiger partial charge in [0.25, 0.3) is 10.0 Å². The predicted molar refractivity (Wildman–Crippen MR) is 73.5 cm³/mol. The van der Waals surface area contributed by atoms with Gasteiger partial charge in [-0.2, -0.15) is 8.42 Å². The molecule has 0 bridgehead atoms. The average molecular weight is 315 g/mol. The van der Waals surface area contributed by atoms with Gasteiger partial charge in [-0.1, -0.05) is 24.4 Å². The highest BCUT2D eigenvalue weighted by molar-refractivity contribution is 7.90. The van der Waals surface area contributed by atoms with Crippen LogP contribution < -0.4 is 4.72 Å². The number of rotatable bonds is 3. The van der Waals surface area contributed by atoms with Crippen LogP contribution in [0.2, 0.25) is 5.02 Å². The lowest BCUT2D eigenvalue weighted by atomic mass is 10.0. The van der Waals surface area contributed by atoms with E-state index in [1.54, 1.807) is 0 Å². The van der Waals surface area contributed by atoms with E-state index >= 15 is 0 Å². The molecule has 1 unspecified atom stereocenters. The third kappa shape index (κ3) is 2.54. The standard InChI is InChI=1S/C13H15ClN2O3S/c14-8-5-6-11(15-7-8)20(18,19)16-13(17)12-9-3-1-2-4-10(9)12/h5-7,9-10,12H,1-4H2,(H,16,17)/t9-,10+,12?. The third-order valence-corrected chi connectivity index (χ3v) is 5.66. The van der Waals surface area contributed by atoms with Crippen LogP contribution >= 0.6 is 11.6 Å². The van der Waals surface area contributed by atoms with Crippen LogP contribution in [0.4, 0.5) is 0 Å².